The summed E-state index contributed by atoms with van der Waals surface area (Å²) in [4.78, 5) is 8.50. The van der Waals surface area contributed by atoms with E-state index >= 15 is 0 Å². The van der Waals surface area contributed by atoms with Crippen LogP contribution < -0.4 is 10.6 Å². The largest absolute Gasteiger partial charge is 0.356 e. The first-order valence-electron chi connectivity index (χ1n) is 7.34. The summed E-state index contributed by atoms with van der Waals surface area (Å²) in [6, 6.07) is 6.58. The molecule has 1 heterocycles. The number of hydrogen-bond acceptors (Lipinski definition) is 4. The van der Waals surface area contributed by atoms with Crippen LogP contribution in [-0.2, 0) is 13.0 Å². The lowest BCUT2D eigenvalue weighted by Gasteiger charge is -2.10. The van der Waals surface area contributed by atoms with Gasteiger partial charge in [-0.3, -0.25) is 0 Å². The Bertz CT molecular complexity index is 668. The van der Waals surface area contributed by atoms with E-state index in [1.807, 2.05) is 0 Å². The van der Waals surface area contributed by atoms with Gasteiger partial charge in [-0.25, -0.2) is 9.38 Å². The van der Waals surface area contributed by atoms with Gasteiger partial charge in [0.05, 0.1) is 6.54 Å². The van der Waals surface area contributed by atoms with E-state index in [0.717, 1.165) is 0 Å². The van der Waals surface area contributed by atoms with Gasteiger partial charge in [0.1, 0.15) is 5.82 Å². The summed E-state index contributed by atoms with van der Waals surface area (Å²) in [5.41, 5.74) is 0.541. The van der Waals surface area contributed by atoms with Crippen molar-refractivity contribution in [1.82, 2.24) is 20.8 Å². The lowest BCUT2D eigenvalue weighted by molar-refractivity contribution is 0.374. The molecule has 1 aromatic carbocycles. The molecule has 1 aromatic heterocycles. The van der Waals surface area contributed by atoms with E-state index in [1.165, 1.54) is 6.07 Å². The first-order chi connectivity index (χ1) is 11.2. The zero-order valence-electron chi connectivity index (χ0n) is 13.1. The van der Waals surface area contributed by atoms with Gasteiger partial charge in [0.25, 0.3) is 0 Å². The van der Waals surface area contributed by atoms with Gasteiger partial charge >= 0.3 is 0 Å². The van der Waals surface area contributed by atoms with Crippen LogP contribution in [0.1, 0.15) is 17.3 Å². The van der Waals surface area contributed by atoms with Crippen LogP contribution in [0.15, 0.2) is 46.4 Å². The highest BCUT2D eigenvalue weighted by Crippen LogP contribution is 2.07. The van der Waals surface area contributed by atoms with Crippen LogP contribution in [0.2, 0.25) is 0 Å². The molecule has 23 heavy (non-hydrogen) atoms. The summed E-state index contributed by atoms with van der Waals surface area (Å²) >= 11 is 0. The number of rotatable bonds is 7. The first kappa shape index (κ1) is 16.7. The highest BCUT2D eigenvalue weighted by atomic mass is 19.1. The van der Waals surface area contributed by atoms with Crippen molar-refractivity contribution in [2.45, 2.75) is 19.9 Å². The second-order valence-electron chi connectivity index (χ2n) is 4.84. The Morgan fingerprint density at radius 1 is 1.39 bits per heavy atom. The predicted octanol–water partition coefficient (Wildman–Crippen LogP) is 1.98. The highest BCUT2D eigenvalue weighted by molar-refractivity contribution is 5.79. The quantitative estimate of drug-likeness (QED) is 0.464. The number of aryl methyl sites for hydroxylation is 1. The molecule has 0 unspecified atom stereocenters. The van der Waals surface area contributed by atoms with Crippen LogP contribution in [-0.4, -0.2) is 29.2 Å². The van der Waals surface area contributed by atoms with E-state index in [0.29, 0.717) is 42.7 Å². The molecule has 0 aliphatic rings. The molecule has 6 nitrogen and oxygen atoms in total. The number of hydrogen-bond donors (Lipinski definition) is 2. The zero-order valence-corrected chi connectivity index (χ0v) is 13.1. The fourth-order valence-electron chi connectivity index (χ4n) is 1.86. The van der Waals surface area contributed by atoms with Crippen LogP contribution in [0.4, 0.5) is 4.39 Å². The monoisotopic (exact) mass is 317 g/mol. The van der Waals surface area contributed by atoms with Crippen LogP contribution in [0.3, 0.4) is 0 Å². The second kappa shape index (κ2) is 8.67. The summed E-state index contributed by atoms with van der Waals surface area (Å²) in [6.45, 7) is 6.81. The summed E-state index contributed by atoms with van der Waals surface area (Å²) in [5, 5.41) is 9.96. The van der Waals surface area contributed by atoms with Crippen LogP contribution in [0.25, 0.3) is 0 Å². The van der Waals surface area contributed by atoms with Crippen molar-refractivity contribution >= 4 is 5.96 Å². The number of aromatic nitrogens is 2. The van der Waals surface area contributed by atoms with Gasteiger partial charge in [-0.05, 0) is 13.0 Å². The Hall–Kier alpha value is -2.70. The second-order valence-corrected chi connectivity index (χ2v) is 4.84. The number of halogens is 1. The lowest BCUT2D eigenvalue weighted by atomic mass is 10.2. The molecule has 2 N–H and O–H groups in total. The van der Waals surface area contributed by atoms with E-state index in [4.69, 9.17) is 4.52 Å². The maximum atomic E-state index is 13.6. The smallest absolute Gasteiger partial charge is 0.228 e. The van der Waals surface area contributed by atoms with Gasteiger partial charge in [-0.2, -0.15) is 4.98 Å². The average Bonchev–Trinajstić information content (AvgIpc) is 2.96. The van der Waals surface area contributed by atoms with Crippen molar-refractivity contribution in [3.63, 3.8) is 0 Å². The summed E-state index contributed by atoms with van der Waals surface area (Å²) in [5.74, 6) is 1.48. The van der Waals surface area contributed by atoms with E-state index in [9.17, 15) is 4.39 Å². The third-order valence-electron chi connectivity index (χ3n) is 2.98. The van der Waals surface area contributed by atoms with Crippen LogP contribution >= 0.6 is 0 Å². The Morgan fingerprint density at radius 2 is 2.22 bits per heavy atom. The minimum atomic E-state index is -0.263. The highest BCUT2D eigenvalue weighted by Gasteiger charge is 2.04. The standard InChI is InChI=1S/C16H20FN5O/c1-3-9-18-16(19-10-8-15-21-12(2)22-23-15)20-11-13-6-4-5-7-14(13)17/h3-7H,1,8-11H2,2H3,(H2,18,19,20). The number of aliphatic imine (C=N–C) groups is 1. The van der Waals surface area contributed by atoms with Crippen molar-refractivity contribution in [1.29, 1.82) is 0 Å². The minimum Gasteiger partial charge on any atom is -0.356 e. The lowest BCUT2D eigenvalue weighted by Crippen LogP contribution is -2.38. The van der Waals surface area contributed by atoms with E-state index in [1.54, 1.807) is 31.2 Å². The minimum absolute atomic E-state index is 0.249. The van der Waals surface area contributed by atoms with Crippen molar-refractivity contribution in [2.24, 2.45) is 4.99 Å². The molecule has 0 fully saturated rings. The van der Waals surface area contributed by atoms with Crippen molar-refractivity contribution in [3.05, 3.63) is 60.0 Å². The molecule has 7 heteroatoms. The normalized spacial score (nSPS) is 11.3. The van der Waals surface area contributed by atoms with Gasteiger partial charge in [0.15, 0.2) is 11.8 Å². The molecule has 0 amide bonds. The van der Waals surface area contributed by atoms with Gasteiger partial charge in [-0.1, -0.05) is 29.4 Å². The first-order valence-corrected chi connectivity index (χ1v) is 7.34. The molecule has 2 rings (SSSR count). The topological polar surface area (TPSA) is 75.3 Å². The molecule has 0 atom stereocenters. The third kappa shape index (κ3) is 5.54. The van der Waals surface area contributed by atoms with E-state index in [-0.39, 0.29) is 12.4 Å². The number of nitrogens with one attached hydrogen (secondary N) is 2. The average molecular weight is 317 g/mol. The van der Waals surface area contributed by atoms with Gasteiger partial charge in [-0.15, -0.1) is 6.58 Å². The summed E-state index contributed by atoms with van der Waals surface area (Å²) in [6.07, 6.45) is 2.30. The molecule has 0 bridgehead atoms. The van der Waals surface area contributed by atoms with Gasteiger partial charge < -0.3 is 15.2 Å². The molecule has 0 radical (unpaired) electrons. The van der Waals surface area contributed by atoms with Crippen molar-refractivity contribution in [3.8, 4) is 0 Å². The summed E-state index contributed by atoms with van der Waals surface area (Å²) in [7, 11) is 0. The molecule has 0 aliphatic carbocycles. The molecule has 0 aliphatic heterocycles. The molecule has 122 valence electrons. The van der Waals surface area contributed by atoms with Gasteiger partial charge in [0, 0.05) is 25.1 Å². The van der Waals surface area contributed by atoms with Crippen molar-refractivity contribution in [2.75, 3.05) is 13.1 Å². The molecule has 0 saturated carbocycles. The Balaban J connectivity index is 1.91. The number of benzene rings is 1. The molecular formula is C16H20FN5O. The molecule has 2 aromatic rings. The number of nitrogens with zero attached hydrogens (tertiary/aromatic N) is 3. The van der Waals surface area contributed by atoms with Gasteiger partial charge in [0.2, 0.25) is 5.89 Å². The Labute approximate surface area is 134 Å². The molecule has 0 spiro atoms. The van der Waals surface area contributed by atoms with Crippen LogP contribution in [0.5, 0.6) is 0 Å². The molecule has 0 saturated heterocycles. The Morgan fingerprint density at radius 3 is 2.91 bits per heavy atom. The van der Waals surface area contributed by atoms with Crippen molar-refractivity contribution < 1.29 is 8.91 Å². The predicted molar refractivity (Wildman–Crippen MR) is 86.5 cm³/mol. The maximum Gasteiger partial charge on any atom is 0.228 e. The third-order valence-corrected chi connectivity index (χ3v) is 2.98. The van der Waals surface area contributed by atoms with E-state index in [2.05, 4.69) is 32.3 Å². The summed E-state index contributed by atoms with van der Waals surface area (Å²) < 4.78 is 18.7. The fraction of sp³-hybridized carbons (Fsp3) is 0.312. The fourth-order valence-corrected chi connectivity index (χ4v) is 1.86. The maximum absolute atomic E-state index is 13.6. The molecular weight excluding hydrogens is 297 g/mol. The van der Waals surface area contributed by atoms with Crippen LogP contribution in [0, 0.1) is 12.7 Å². The zero-order chi connectivity index (χ0) is 16.5. The Kier molecular flexibility index (Phi) is 6.28. The number of guanidine groups is 1. The van der Waals surface area contributed by atoms with E-state index < -0.39 is 0 Å². The SMILES string of the molecule is C=CCNC(=NCc1ccccc1F)NCCc1nc(C)no1.